The van der Waals surface area contributed by atoms with E-state index in [1.165, 1.54) is 33.1 Å². The van der Waals surface area contributed by atoms with E-state index in [4.69, 9.17) is 9.47 Å². The number of halogens is 1. The van der Waals surface area contributed by atoms with Crippen molar-refractivity contribution in [3.05, 3.63) is 35.6 Å². The molecular formula is C19H25FN2O5. The Kier molecular flexibility index (Phi) is 6.90. The molecule has 1 saturated heterocycles. The van der Waals surface area contributed by atoms with Crippen molar-refractivity contribution in [1.29, 1.82) is 0 Å². The summed E-state index contributed by atoms with van der Waals surface area (Å²) >= 11 is 0. The summed E-state index contributed by atoms with van der Waals surface area (Å²) in [5.74, 6) is -2.08. The number of carbonyl (C=O) groups is 3. The molecule has 1 unspecified atom stereocenters. The van der Waals surface area contributed by atoms with Crippen molar-refractivity contribution in [2.24, 2.45) is 0 Å². The summed E-state index contributed by atoms with van der Waals surface area (Å²) in [5, 5.41) is 5.83. The summed E-state index contributed by atoms with van der Waals surface area (Å²) in [6.45, 7) is 3.35. The lowest BCUT2D eigenvalue weighted by atomic mass is 9.87. The van der Waals surface area contributed by atoms with Crippen molar-refractivity contribution < 1.29 is 28.2 Å². The minimum absolute atomic E-state index is 0.270. The average molecular weight is 380 g/mol. The predicted molar refractivity (Wildman–Crippen MR) is 95.2 cm³/mol. The molecule has 1 aromatic carbocycles. The number of ether oxygens (including phenoxy) is 2. The van der Waals surface area contributed by atoms with E-state index < -0.39 is 35.5 Å². The molecule has 1 aliphatic heterocycles. The van der Waals surface area contributed by atoms with Gasteiger partial charge in [-0.05, 0) is 50.4 Å². The van der Waals surface area contributed by atoms with Gasteiger partial charge in [0.05, 0.1) is 7.11 Å². The van der Waals surface area contributed by atoms with Crippen molar-refractivity contribution >= 4 is 17.8 Å². The molecule has 0 bridgehead atoms. The van der Waals surface area contributed by atoms with Gasteiger partial charge >= 0.3 is 11.9 Å². The highest BCUT2D eigenvalue weighted by Crippen LogP contribution is 2.25. The highest BCUT2D eigenvalue weighted by atomic mass is 19.1. The van der Waals surface area contributed by atoms with E-state index in [1.54, 1.807) is 12.1 Å². The standard InChI is InChI=1S/C19H25FN2O5/c1-12(27-13(2)23)16(17(24)26-3)22-18(25)19(8-5-9-21-19)11-14-6-4-7-15(20)10-14/h4,6-7,10,12,16,21H,5,8-9,11H2,1-3H3,(H,22,25)/t12-,16+,19?/m1/s1. The predicted octanol–water partition coefficient (Wildman–Crippen LogP) is 1.10. The summed E-state index contributed by atoms with van der Waals surface area (Å²) in [4.78, 5) is 36.4. The van der Waals surface area contributed by atoms with Gasteiger partial charge in [0.25, 0.3) is 0 Å². The molecule has 3 atom stereocenters. The molecule has 0 radical (unpaired) electrons. The molecule has 1 fully saturated rings. The second-order valence-corrected chi connectivity index (χ2v) is 6.71. The summed E-state index contributed by atoms with van der Waals surface area (Å²) < 4.78 is 23.3. The monoisotopic (exact) mass is 380 g/mol. The first-order chi connectivity index (χ1) is 12.8. The smallest absolute Gasteiger partial charge is 0.332 e. The van der Waals surface area contributed by atoms with Crippen LogP contribution in [0.2, 0.25) is 0 Å². The number of carbonyl (C=O) groups excluding carboxylic acids is 3. The molecule has 7 nitrogen and oxygen atoms in total. The third-order valence-corrected chi connectivity index (χ3v) is 4.64. The molecule has 1 aromatic rings. The molecule has 1 amide bonds. The first kappa shape index (κ1) is 20.8. The maximum absolute atomic E-state index is 13.5. The van der Waals surface area contributed by atoms with Gasteiger partial charge in [-0.3, -0.25) is 9.59 Å². The zero-order chi connectivity index (χ0) is 20.0. The van der Waals surface area contributed by atoms with Crippen molar-refractivity contribution in [2.45, 2.75) is 50.8 Å². The van der Waals surface area contributed by atoms with E-state index in [-0.39, 0.29) is 12.2 Å². The molecule has 2 rings (SSSR count). The number of nitrogens with one attached hydrogen (secondary N) is 2. The summed E-state index contributed by atoms with van der Waals surface area (Å²) in [7, 11) is 1.19. The van der Waals surface area contributed by atoms with Crippen molar-refractivity contribution in [3.63, 3.8) is 0 Å². The van der Waals surface area contributed by atoms with Crippen LogP contribution in [-0.4, -0.2) is 49.2 Å². The molecule has 1 heterocycles. The van der Waals surface area contributed by atoms with Crippen LogP contribution in [0.1, 0.15) is 32.3 Å². The average Bonchev–Trinajstić information content (AvgIpc) is 3.07. The SMILES string of the molecule is COC(=O)[C@@H](NC(=O)C1(Cc2cccc(F)c2)CCCN1)[C@@H](C)OC(C)=O. The molecule has 1 aliphatic rings. The van der Waals surface area contributed by atoms with Crippen LogP contribution in [0.3, 0.4) is 0 Å². The quantitative estimate of drug-likeness (QED) is 0.688. The van der Waals surface area contributed by atoms with Gasteiger partial charge in [0, 0.05) is 6.92 Å². The minimum atomic E-state index is -1.14. The molecule has 27 heavy (non-hydrogen) atoms. The molecule has 0 aliphatic carbocycles. The van der Waals surface area contributed by atoms with E-state index in [9.17, 15) is 18.8 Å². The van der Waals surface area contributed by atoms with Gasteiger partial charge < -0.3 is 20.1 Å². The Balaban J connectivity index is 2.21. The maximum Gasteiger partial charge on any atom is 0.332 e. The molecule has 148 valence electrons. The molecular weight excluding hydrogens is 355 g/mol. The van der Waals surface area contributed by atoms with Crippen LogP contribution in [0.5, 0.6) is 0 Å². The fourth-order valence-corrected chi connectivity index (χ4v) is 3.33. The summed E-state index contributed by atoms with van der Waals surface area (Å²) in [6, 6.07) is 4.92. The van der Waals surface area contributed by atoms with Gasteiger partial charge in [0.1, 0.15) is 17.5 Å². The van der Waals surface area contributed by atoms with Gasteiger partial charge in [-0.25, -0.2) is 9.18 Å². The minimum Gasteiger partial charge on any atom is -0.467 e. The Hall–Kier alpha value is -2.48. The third kappa shape index (κ3) is 5.26. The Labute approximate surface area is 157 Å². The lowest BCUT2D eigenvalue weighted by molar-refractivity contribution is -0.156. The highest BCUT2D eigenvalue weighted by Gasteiger charge is 2.43. The van der Waals surface area contributed by atoms with E-state index in [1.807, 2.05) is 0 Å². The van der Waals surface area contributed by atoms with Crippen molar-refractivity contribution in [2.75, 3.05) is 13.7 Å². The molecule has 0 saturated carbocycles. The number of esters is 2. The van der Waals surface area contributed by atoms with E-state index in [2.05, 4.69) is 10.6 Å². The third-order valence-electron chi connectivity index (χ3n) is 4.64. The number of amides is 1. The van der Waals surface area contributed by atoms with Gasteiger partial charge in [0.15, 0.2) is 6.04 Å². The van der Waals surface area contributed by atoms with E-state index in [0.717, 1.165) is 6.42 Å². The van der Waals surface area contributed by atoms with Gasteiger partial charge in [-0.1, -0.05) is 12.1 Å². The second kappa shape index (κ2) is 8.94. The molecule has 0 spiro atoms. The van der Waals surface area contributed by atoms with Gasteiger partial charge in [-0.2, -0.15) is 0 Å². The largest absolute Gasteiger partial charge is 0.467 e. The Bertz CT molecular complexity index is 703. The summed E-state index contributed by atoms with van der Waals surface area (Å²) in [5.41, 5.74) is -0.307. The Morgan fingerprint density at radius 3 is 2.67 bits per heavy atom. The van der Waals surface area contributed by atoms with Crippen LogP contribution in [0, 0.1) is 5.82 Å². The molecule has 8 heteroatoms. The van der Waals surface area contributed by atoms with Crippen molar-refractivity contribution in [3.8, 4) is 0 Å². The summed E-state index contributed by atoms with van der Waals surface area (Å²) in [6.07, 6.45) is 0.675. The maximum atomic E-state index is 13.5. The lowest BCUT2D eigenvalue weighted by Crippen LogP contribution is -2.60. The normalized spacial score (nSPS) is 21.2. The van der Waals surface area contributed by atoms with Crippen LogP contribution in [-0.2, 0) is 30.3 Å². The highest BCUT2D eigenvalue weighted by molar-refractivity contribution is 5.91. The number of benzene rings is 1. The zero-order valence-electron chi connectivity index (χ0n) is 15.7. The first-order valence-corrected chi connectivity index (χ1v) is 8.83. The molecule has 2 N–H and O–H groups in total. The topological polar surface area (TPSA) is 93.7 Å². The van der Waals surface area contributed by atoms with Crippen LogP contribution < -0.4 is 10.6 Å². The zero-order valence-corrected chi connectivity index (χ0v) is 15.7. The fourth-order valence-electron chi connectivity index (χ4n) is 3.33. The Morgan fingerprint density at radius 2 is 2.11 bits per heavy atom. The Morgan fingerprint density at radius 1 is 1.37 bits per heavy atom. The lowest BCUT2D eigenvalue weighted by Gasteiger charge is -2.31. The number of rotatable bonds is 7. The van der Waals surface area contributed by atoms with Crippen LogP contribution >= 0.6 is 0 Å². The fraction of sp³-hybridized carbons (Fsp3) is 0.526. The number of hydrogen-bond acceptors (Lipinski definition) is 6. The van der Waals surface area contributed by atoms with E-state index >= 15 is 0 Å². The van der Waals surface area contributed by atoms with Gasteiger partial charge in [-0.15, -0.1) is 0 Å². The number of hydrogen-bond donors (Lipinski definition) is 2. The van der Waals surface area contributed by atoms with Crippen LogP contribution in [0.15, 0.2) is 24.3 Å². The second-order valence-electron chi connectivity index (χ2n) is 6.71. The van der Waals surface area contributed by atoms with E-state index in [0.29, 0.717) is 18.5 Å². The van der Waals surface area contributed by atoms with Crippen LogP contribution in [0.4, 0.5) is 4.39 Å². The molecule has 0 aromatic heterocycles. The number of methoxy groups -OCH3 is 1. The van der Waals surface area contributed by atoms with Crippen molar-refractivity contribution in [1.82, 2.24) is 10.6 Å². The first-order valence-electron chi connectivity index (χ1n) is 8.83. The van der Waals surface area contributed by atoms with Gasteiger partial charge in [0.2, 0.25) is 5.91 Å². The van der Waals surface area contributed by atoms with Crippen LogP contribution in [0.25, 0.3) is 0 Å².